The number of halogens is 2. The number of nitrogens with zero attached hydrogens (tertiary/aromatic N) is 1. The van der Waals surface area contributed by atoms with Crippen LogP contribution < -0.4 is 16.0 Å². The molecule has 0 saturated heterocycles. The molecule has 0 bridgehead atoms. The second-order valence-electron chi connectivity index (χ2n) is 6.45. The minimum atomic E-state index is -0.387. The van der Waals surface area contributed by atoms with Crippen molar-refractivity contribution in [1.29, 1.82) is 0 Å². The highest BCUT2D eigenvalue weighted by Crippen LogP contribution is 2.26. The standard InChI is InChI=1S/C20H23FN4O2.ClH/c1-22-11-9-19(26)25-12-10-17-14(13-25)3-2-4-18(17)24-20(27)23-16-7-5-15(21)6-8-16;/h2-8,22H,9-13H2,1H3,(H2,23,24,27);1H. The lowest BCUT2D eigenvalue weighted by molar-refractivity contribution is -0.132. The number of carbonyl (C=O) groups is 2. The lowest BCUT2D eigenvalue weighted by Crippen LogP contribution is -2.37. The van der Waals surface area contributed by atoms with Crippen molar-refractivity contribution in [2.45, 2.75) is 19.4 Å². The van der Waals surface area contributed by atoms with Crippen molar-refractivity contribution in [2.24, 2.45) is 0 Å². The van der Waals surface area contributed by atoms with Gasteiger partial charge in [0.15, 0.2) is 0 Å². The molecule has 2 aromatic rings. The first-order valence-electron chi connectivity index (χ1n) is 8.93. The molecule has 3 amide bonds. The van der Waals surface area contributed by atoms with E-state index in [1.807, 2.05) is 30.1 Å². The average Bonchev–Trinajstić information content (AvgIpc) is 2.67. The quantitative estimate of drug-likeness (QED) is 0.712. The van der Waals surface area contributed by atoms with Gasteiger partial charge < -0.3 is 20.9 Å². The van der Waals surface area contributed by atoms with E-state index >= 15 is 0 Å². The van der Waals surface area contributed by atoms with E-state index < -0.39 is 0 Å². The highest BCUT2D eigenvalue weighted by atomic mass is 35.5. The topological polar surface area (TPSA) is 73.5 Å². The Hall–Kier alpha value is -2.64. The molecule has 0 fully saturated rings. The average molecular weight is 407 g/mol. The minimum absolute atomic E-state index is 0. The van der Waals surface area contributed by atoms with Gasteiger partial charge in [-0.1, -0.05) is 12.1 Å². The smallest absolute Gasteiger partial charge is 0.323 e. The van der Waals surface area contributed by atoms with Crippen molar-refractivity contribution >= 4 is 35.7 Å². The van der Waals surface area contributed by atoms with Crippen LogP contribution in [0.25, 0.3) is 0 Å². The maximum Gasteiger partial charge on any atom is 0.323 e. The van der Waals surface area contributed by atoms with Crippen LogP contribution in [0.3, 0.4) is 0 Å². The summed E-state index contributed by atoms with van der Waals surface area (Å²) in [4.78, 5) is 26.3. The lowest BCUT2D eigenvalue weighted by atomic mass is 9.97. The fourth-order valence-corrected chi connectivity index (χ4v) is 3.15. The molecular formula is C20H24ClFN4O2. The molecule has 0 atom stereocenters. The van der Waals surface area contributed by atoms with Crippen LogP contribution in [0.15, 0.2) is 42.5 Å². The predicted octanol–water partition coefficient (Wildman–Crippen LogP) is 3.39. The number of hydrogen-bond donors (Lipinski definition) is 3. The van der Waals surface area contributed by atoms with Crippen LogP contribution in [-0.4, -0.2) is 37.0 Å². The number of anilines is 2. The molecule has 8 heteroatoms. The van der Waals surface area contributed by atoms with Gasteiger partial charge in [0, 0.05) is 37.4 Å². The zero-order chi connectivity index (χ0) is 19.2. The normalized spacial score (nSPS) is 12.6. The fraction of sp³-hybridized carbons (Fsp3) is 0.300. The Morgan fingerprint density at radius 1 is 1.11 bits per heavy atom. The Morgan fingerprint density at radius 3 is 2.57 bits per heavy atom. The summed E-state index contributed by atoms with van der Waals surface area (Å²) in [6.07, 6.45) is 1.16. The summed E-state index contributed by atoms with van der Waals surface area (Å²) >= 11 is 0. The molecule has 3 N–H and O–H groups in total. The van der Waals surface area contributed by atoms with Crippen LogP contribution in [0.4, 0.5) is 20.6 Å². The molecule has 28 heavy (non-hydrogen) atoms. The molecule has 3 rings (SSSR count). The Bertz CT molecular complexity index is 829. The van der Waals surface area contributed by atoms with Gasteiger partial charge in [0.1, 0.15) is 5.82 Å². The van der Waals surface area contributed by atoms with Crippen LogP contribution >= 0.6 is 12.4 Å². The largest absolute Gasteiger partial charge is 0.338 e. The molecule has 1 aliphatic rings. The van der Waals surface area contributed by atoms with E-state index in [9.17, 15) is 14.0 Å². The van der Waals surface area contributed by atoms with Crippen molar-refractivity contribution in [2.75, 3.05) is 30.8 Å². The van der Waals surface area contributed by atoms with Gasteiger partial charge in [-0.25, -0.2) is 9.18 Å². The van der Waals surface area contributed by atoms with Crippen LogP contribution in [0.1, 0.15) is 17.5 Å². The Labute approximate surface area is 169 Å². The molecule has 0 aromatic heterocycles. The second-order valence-corrected chi connectivity index (χ2v) is 6.45. The molecular weight excluding hydrogens is 383 g/mol. The summed E-state index contributed by atoms with van der Waals surface area (Å²) in [7, 11) is 1.83. The number of carbonyl (C=O) groups excluding carboxylic acids is 2. The zero-order valence-electron chi connectivity index (χ0n) is 15.6. The molecule has 1 heterocycles. The maximum atomic E-state index is 13.0. The third kappa shape index (κ3) is 5.43. The van der Waals surface area contributed by atoms with E-state index in [1.54, 1.807) is 0 Å². The molecule has 0 unspecified atom stereocenters. The van der Waals surface area contributed by atoms with Crippen LogP contribution in [0.5, 0.6) is 0 Å². The van der Waals surface area contributed by atoms with Gasteiger partial charge in [0.2, 0.25) is 5.91 Å². The molecule has 6 nitrogen and oxygen atoms in total. The highest BCUT2D eigenvalue weighted by Gasteiger charge is 2.22. The minimum Gasteiger partial charge on any atom is -0.338 e. The first-order chi connectivity index (χ1) is 13.1. The van der Waals surface area contributed by atoms with Crippen molar-refractivity contribution in [1.82, 2.24) is 10.2 Å². The number of fused-ring (bicyclic) bond motifs is 1. The first kappa shape index (κ1) is 21.7. The van der Waals surface area contributed by atoms with E-state index in [1.165, 1.54) is 24.3 Å². The number of nitrogens with one attached hydrogen (secondary N) is 3. The molecule has 150 valence electrons. The third-order valence-electron chi connectivity index (χ3n) is 4.56. The van der Waals surface area contributed by atoms with E-state index in [0.717, 1.165) is 16.8 Å². The molecule has 0 aliphatic carbocycles. The first-order valence-corrected chi connectivity index (χ1v) is 8.93. The van der Waals surface area contributed by atoms with Crippen LogP contribution in [0, 0.1) is 5.82 Å². The van der Waals surface area contributed by atoms with Crippen molar-refractivity contribution < 1.29 is 14.0 Å². The van der Waals surface area contributed by atoms with Crippen LogP contribution in [0.2, 0.25) is 0 Å². The van der Waals surface area contributed by atoms with Gasteiger partial charge in [0.05, 0.1) is 0 Å². The second kappa shape index (κ2) is 10.1. The van der Waals surface area contributed by atoms with Gasteiger partial charge >= 0.3 is 6.03 Å². The zero-order valence-corrected chi connectivity index (χ0v) is 16.4. The van der Waals surface area contributed by atoms with Crippen molar-refractivity contribution in [3.8, 4) is 0 Å². The number of amides is 3. The van der Waals surface area contributed by atoms with Gasteiger partial charge in [0.25, 0.3) is 0 Å². The monoisotopic (exact) mass is 406 g/mol. The molecule has 2 aromatic carbocycles. The summed E-state index contributed by atoms with van der Waals surface area (Å²) in [6.45, 7) is 1.84. The Balaban J connectivity index is 0.00000280. The van der Waals surface area contributed by atoms with Crippen molar-refractivity contribution in [3.05, 3.63) is 59.4 Å². The Morgan fingerprint density at radius 2 is 1.86 bits per heavy atom. The summed E-state index contributed by atoms with van der Waals surface area (Å²) in [5.41, 5.74) is 3.33. The Kier molecular flexibility index (Phi) is 7.78. The third-order valence-corrected chi connectivity index (χ3v) is 4.56. The number of benzene rings is 2. The van der Waals surface area contributed by atoms with E-state index in [0.29, 0.717) is 38.2 Å². The molecule has 0 saturated carbocycles. The van der Waals surface area contributed by atoms with Gasteiger partial charge in [-0.2, -0.15) is 0 Å². The van der Waals surface area contributed by atoms with Gasteiger partial charge in [-0.05, 0) is 54.9 Å². The van der Waals surface area contributed by atoms with E-state index in [-0.39, 0.29) is 30.2 Å². The molecule has 0 radical (unpaired) electrons. The lowest BCUT2D eigenvalue weighted by Gasteiger charge is -2.30. The molecule has 1 aliphatic heterocycles. The summed E-state index contributed by atoms with van der Waals surface area (Å²) in [5, 5.41) is 8.53. The SMILES string of the molecule is CNCCC(=O)N1CCc2c(cccc2NC(=O)Nc2ccc(F)cc2)C1.Cl. The van der Waals surface area contributed by atoms with Crippen LogP contribution in [-0.2, 0) is 17.8 Å². The van der Waals surface area contributed by atoms with E-state index in [4.69, 9.17) is 0 Å². The number of rotatable bonds is 5. The summed E-state index contributed by atoms with van der Waals surface area (Å²) in [6, 6.07) is 10.9. The number of hydrogen-bond acceptors (Lipinski definition) is 3. The summed E-state index contributed by atoms with van der Waals surface area (Å²) < 4.78 is 13.0. The predicted molar refractivity (Wildman–Crippen MR) is 110 cm³/mol. The van der Waals surface area contributed by atoms with Gasteiger partial charge in [-0.15, -0.1) is 12.4 Å². The number of urea groups is 1. The molecule has 0 spiro atoms. The maximum absolute atomic E-state index is 13.0. The highest BCUT2D eigenvalue weighted by molar-refractivity contribution is 6.00. The van der Waals surface area contributed by atoms with E-state index in [2.05, 4.69) is 16.0 Å². The van der Waals surface area contributed by atoms with Crippen molar-refractivity contribution in [3.63, 3.8) is 0 Å². The van der Waals surface area contributed by atoms with Gasteiger partial charge in [-0.3, -0.25) is 4.79 Å². The summed E-state index contributed by atoms with van der Waals surface area (Å²) in [5.74, 6) is -0.227. The fourth-order valence-electron chi connectivity index (χ4n) is 3.15.